The molecule has 0 saturated carbocycles. The molecule has 0 spiro atoms. The minimum absolute atomic E-state index is 0.331. The number of anilines is 3. The maximum Gasteiger partial charge on any atom is 0.308 e. The fraction of sp³-hybridized carbons (Fsp3) is 0.389. The van der Waals surface area contributed by atoms with E-state index in [-0.39, 0.29) is 5.92 Å². The average Bonchev–Trinajstić information content (AvgIpc) is 2.54. The van der Waals surface area contributed by atoms with Crippen LogP contribution in [0.5, 0.6) is 0 Å². The van der Waals surface area contributed by atoms with Crippen molar-refractivity contribution in [1.29, 1.82) is 0 Å². The molecule has 24 heavy (non-hydrogen) atoms. The maximum absolute atomic E-state index is 11.3. The van der Waals surface area contributed by atoms with Crippen LogP contribution in [0.1, 0.15) is 24.2 Å². The zero-order valence-corrected chi connectivity index (χ0v) is 14.0. The number of carbonyl (C=O) groups is 1. The van der Waals surface area contributed by atoms with Crippen molar-refractivity contribution in [3.63, 3.8) is 0 Å². The summed E-state index contributed by atoms with van der Waals surface area (Å²) in [6.07, 6.45) is 1.59. The molecule has 2 aromatic rings. The van der Waals surface area contributed by atoms with E-state index < -0.39 is 5.97 Å². The highest BCUT2D eigenvalue weighted by atomic mass is 16.4. The van der Waals surface area contributed by atoms with E-state index in [1.165, 1.54) is 5.56 Å². The second-order valence-electron chi connectivity index (χ2n) is 6.28. The van der Waals surface area contributed by atoms with Gasteiger partial charge in [0.1, 0.15) is 17.5 Å². The monoisotopic (exact) mass is 326 g/mol. The molecule has 1 aliphatic rings. The third-order valence-corrected chi connectivity index (χ3v) is 4.21. The Kier molecular flexibility index (Phi) is 4.64. The van der Waals surface area contributed by atoms with Crippen LogP contribution in [0.3, 0.4) is 0 Å². The summed E-state index contributed by atoms with van der Waals surface area (Å²) in [7, 11) is 0. The molecule has 1 unspecified atom stereocenters. The van der Waals surface area contributed by atoms with E-state index in [1.807, 2.05) is 43.0 Å². The van der Waals surface area contributed by atoms with Crippen molar-refractivity contribution in [3.05, 3.63) is 41.7 Å². The number of carboxylic acids is 1. The Balaban J connectivity index is 1.82. The number of aliphatic carboxylic acids is 1. The molecule has 0 radical (unpaired) electrons. The van der Waals surface area contributed by atoms with Crippen molar-refractivity contribution >= 4 is 23.3 Å². The van der Waals surface area contributed by atoms with Crippen molar-refractivity contribution in [2.24, 2.45) is 5.92 Å². The van der Waals surface area contributed by atoms with Crippen molar-refractivity contribution in [3.8, 4) is 0 Å². The van der Waals surface area contributed by atoms with Gasteiger partial charge in [-0.15, -0.1) is 0 Å². The molecule has 1 fully saturated rings. The smallest absolute Gasteiger partial charge is 0.308 e. The van der Waals surface area contributed by atoms with Gasteiger partial charge in [-0.1, -0.05) is 12.1 Å². The Hall–Kier alpha value is -2.63. The van der Waals surface area contributed by atoms with E-state index in [4.69, 9.17) is 0 Å². The van der Waals surface area contributed by atoms with Gasteiger partial charge < -0.3 is 15.3 Å². The lowest BCUT2D eigenvalue weighted by molar-refractivity contribution is -0.141. The van der Waals surface area contributed by atoms with Crippen LogP contribution in [0.15, 0.2) is 30.3 Å². The first-order valence-electron chi connectivity index (χ1n) is 8.18. The number of rotatable bonds is 4. The summed E-state index contributed by atoms with van der Waals surface area (Å²) in [5, 5.41) is 12.6. The zero-order chi connectivity index (χ0) is 17.1. The molecule has 3 rings (SSSR count). The summed E-state index contributed by atoms with van der Waals surface area (Å²) in [5.41, 5.74) is 2.15. The van der Waals surface area contributed by atoms with Crippen LogP contribution in [-0.4, -0.2) is 34.1 Å². The maximum atomic E-state index is 11.3. The molecule has 2 N–H and O–H groups in total. The van der Waals surface area contributed by atoms with Crippen LogP contribution in [0.4, 0.5) is 17.3 Å². The SMILES string of the molecule is Cc1cccc(Nc2cc(N3CCCC(C(=O)O)C3)nc(C)n2)c1. The minimum atomic E-state index is -0.733. The highest BCUT2D eigenvalue weighted by Gasteiger charge is 2.26. The highest BCUT2D eigenvalue weighted by molar-refractivity contribution is 5.71. The van der Waals surface area contributed by atoms with Gasteiger partial charge in [0.2, 0.25) is 0 Å². The fourth-order valence-corrected chi connectivity index (χ4v) is 3.04. The summed E-state index contributed by atoms with van der Waals surface area (Å²) in [6, 6.07) is 9.97. The van der Waals surface area contributed by atoms with E-state index in [1.54, 1.807) is 0 Å². The van der Waals surface area contributed by atoms with Gasteiger partial charge in [0.25, 0.3) is 0 Å². The van der Waals surface area contributed by atoms with Crippen LogP contribution in [0.2, 0.25) is 0 Å². The Labute approximate surface area is 141 Å². The molecular weight excluding hydrogens is 304 g/mol. The van der Waals surface area contributed by atoms with E-state index >= 15 is 0 Å². The predicted octanol–water partition coefficient (Wildman–Crippen LogP) is 3.14. The molecule has 0 bridgehead atoms. The Morgan fingerprint density at radius 1 is 1.29 bits per heavy atom. The molecule has 1 aromatic heterocycles. The van der Waals surface area contributed by atoms with Gasteiger partial charge in [-0.2, -0.15) is 0 Å². The standard InChI is InChI=1S/C18H22N4O2/c1-12-5-3-7-15(9-12)21-16-10-17(20-13(2)19-16)22-8-4-6-14(11-22)18(23)24/h3,5,7,9-10,14H,4,6,8,11H2,1-2H3,(H,23,24)(H,19,20,21). The quantitative estimate of drug-likeness (QED) is 0.899. The number of nitrogens with zero attached hydrogens (tertiary/aromatic N) is 3. The average molecular weight is 326 g/mol. The minimum Gasteiger partial charge on any atom is -0.481 e. The molecule has 1 aliphatic heterocycles. The largest absolute Gasteiger partial charge is 0.481 e. The summed E-state index contributed by atoms with van der Waals surface area (Å²) < 4.78 is 0. The topological polar surface area (TPSA) is 78.4 Å². The lowest BCUT2D eigenvalue weighted by Gasteiger charge is -2.31. The van der Waals surface area contributed by atoms with Gasteiger partial charge >= 0.3 is 5.97 Å². The molecule has 0 amide bonds. The van der Waals surface area contributed by atoms with Crippen molar-refractivity contribution in [1.82, 2.24) is 9.97 Å². The molecule has 0 aliphatic carbocycles. The number of benzene rings is 1. The molecule has 126 valence electrons. The van der Waals surface area contributed by atoms with Gasteiger partial charge in [0.05, 0.1) is 5.92 Å². The first-order chi connectivity index (χ1) is 11.5. The van der Waals surface area contributed by atoms with Crippen LogP contribution in [0, 0.1) is 19.8 Å². The van der Waals surface area contributed by atoms with E-state index in [0.717, 1.165) is 36.7 Å². The van der Waals surface area contributed by atoms with Crippen LogP contribution < -0.4 is 10.2 Å². The van der Waals surface area contributed by atoms with Gasteiger partial charge in [-0.3, -0.25) is 4.79 Å². The zero-order valence-electron chi connectivity index (χ0n) is 14.0. The molecule has 1 aromatic carbocycles. The molecule has 2 heterocycles. The second-order valence-corrected chi connectivity index (χ2v) is 6.28. The Morgan fingerprint density at radius 2 is 2.12 bits per heavy atom. The van der Waals surface area contributed by atoms with Crippen molar-refractivity contribution in [2.45, 2.75) is 26.7 Å². The van der Waals surface area contributed by atoms with E-state index in [2.05, 4.69) is 21.4 Å². The first kappa shape index (κ1) is 16.2. The molecule has 6 heteroatoms. The summed E-state index contributed by atoms with van der Waals surface area (Å²) in [6.45, 7) is 5.21. The van der Waals surface area contributed by atoms with Gasteiger partial charge in [-0.25, -0.2) is 9.97 Å². The molecule has 6 nitrogen and oxygen atoms in total. The van der Waals surface area contributed by atoms with E-state index in [9.17, 15) is 9.90 Å². The number of carboxylic acid groups (broad SMARTS) is 1. The first-order valence-corrected chi connectivity index (χ1v) is 8.18. The van der Waals surface area contributed by atoms with Crippen LogP contribution in [-0.2, 0) is 4.79 Å². The van der Waals surface area contributed by atoms with E-state index in [0.29, 0.717) is 12.4 Å². The van der Waals surface area contributed by atoms with Gasteiger partial charge in [0, 0.05) is 24.8 Å². The number of piperidine rings is 1. The summed E-state index contributed by atoms with van der Waals surface area (Å²) in [5.74, 6) is 1.11. The normalized spacial score (nSPS) is 17.6. The van der Waals surface area contributed by atoms with Gasteiger partial charge in [0.15, 0.2) is 0 Å². The van der Waals surface area contributed by atoms with Crippen LogP contribution >= 0.6 is 0 Å². The van der Waals surface area contributed by atoms with Gasteiger partial charge in [-0.05, 0) is 44.4 Å². The highest BCUT2D eigenvalue weighted by Crippen LogP contribution is 2.25. The lowest BCUT2D eigenvalue weighted by atomic mass is 9.98. The number of nitrogens with one attached hydrogen (secondary N) is 1. The number of hydrogen-bond donors (Lipinski definition) is 2. The molecule has 1 saturated heterocycles. The molecule has 1 atom stereocenters. The third kappa shape index (κ3) is 3.82. The summed E-state index contributed by atoms with van der Waals surface area (Å²) >= 11 is 0. The third-order valence-electron chi connectivity index (χ3n) is 4.21. The van der Waals surface area contributed by atoms with Crippen LogP contribution in [0.25, 0.3) is 0 Å². The number of aromatic nitrogens is 2. The number of aryl methyl sites for hydroxylation is 2. The van der Waals surface area contributed by atoms with Crippen molar-refractivity contribution < 1.29 is 9.90 Å². The fourth-order valence-electron chi connectivity index (χ4n) is 3.04. The Bertz CT molecular complexity index is 748. The lowest BCUT2D eigenvalue weighted by Crippen LogP contribution is -2.39. The Morgan fingerprint density at radius 3 is 2.88 bits per heavy atom. The van der Waals surface area contributed by atoms with Crippen molar-refractivity contribution in [2.75, 3.05) is 23.3 Å². The second kappa shape index (κ2) is 6.86. The number of hydrogen-bond acceptors (Lipinski definition) is 5. The predicted molar refractivity (Wildman–Crippen MR) is 93.8 cm³/mol. The summed E-state index contributed by atoms with van der Waals surface area (Å²) in [4.78, 5) is 22.2. The molecular formula is C18H22N4O2.